The van der Waals surface area contributed by atoms with Gasteiger partial charge in [0.05, 0.1) is 5.69 Å². The monoisotopic (exact) mass is 252 g/mol. The molecule has 2 rings (SSSR count). The summed E-state index contributed by atoms with van der Waals surface area (Å²) in [6, 6.07) is 3.78. The van der Waals surface area contributed by atoms with Crippen molar-refractivity contribution in [3.63, 3.8) is 0 Å². The van der Waals surface area contributed by atoms with Crippen molar-refractivity contribution in [1.82, 2.24) is 10.2 Å². The highest BCUT2D eigenvalue weighted by molar-refractivity contribution is 7.15. The Bertz CT molecular complexity index is 569. The maximum Gasteiger partial charge on any atom is 0.257 e. The average molecular weight is 252 g/mol. The summed E-state index contributed by atoms with van der Waals surface area (Å²) < 4.78 is 12.9. The Hall–Kier alpha value is -2.02. The van der Waals surface area contributed by atoms with E-state index in [0.717, 1.165) is 11.1 Å². The summed E-state index contributed by atoms with van der Waals surface area (Å²) in [5.41, 5.74) is 5.59. The Morgan fingerprint density at radius 2 is 2.24 bits per heavy atom. The Labute approximate surface area is 100 Å². The van der Waals surface area contributed by atoms with Gasteiger partial charge >= 0.3 is 0 Å². The molecule has 0 spiro atoms. The van der Waals surface area contributed by atoms with Gasteiger partial charge in [-0.25, -0.2) is 4.39 Å². The molecule has 0 atom stereocenters. The van der Waals surface area contributed by atoms with Gasteiger partial charge in [-0.1, -0.05) is 11.3 Å². The van der Waals surface area contributed by atoms with Crippen LogP contribution in [-0.4, -0.2) is 16.1 Å². The van der Waals surface area contributed by atoms with Crippen molar-refractivity contribution in [3.05, 3.63) is 34.6 Å². The molecule has 0 bridgehead atoms. The van der Waals surface area contributed by atoms with Gasteiger partial charge in [0.15, 0.2) is 0 Å². The van der Waals surface area contributed by atoms with E-state index in [1.54, 1.807) is 6.92 Å². The molecule has 1 heterocycles. The highest BCUT2D eigenvalue weighted by Gasteiger charge is 2.10. The molecule has 5 nitrogen and oxygen atoms in total. The van der Waals surface area contributed by atoms with Crippen LogP contribution in [0.4, 0.5) is 15.2 Å². The van der Waals surface area contributed by atoms with E-state index in [1.165, 1.54) is 23.5 Å². The fraction of sp³-hybridized carbons (Fsp3) is 0.100. The van der Waals surface area contributed by atoms with E-state index >= 15 is 0 Å². The Kier molecular flexibility index (Phi) is 3.01. The highest BCUT2D eigenvalue weighted by Crippen LogP contribution is 2.17. The molecule has 2 aromatic rings. The van der Waals surface area contributed by atoms with E-state index in [0.29, 0.717) is 5.13 Å². The van der Waals surface area contributed by atoms with Gasteiger partial charge in [0.25, 0.3) is 5.91 Å². The van der Waals surface area contributed by atoms with E-state index in [4.69, 9.17) is 5.73 Å². The van der Waals surface area contributed by atoms with Gasteiger partial charge in [-0.2, -0.15) is 0 Å². The van der Waals surface area contributed by atoms with Crippen LogP contribution in [0.3, 0.4) is 0 Å². The van der Waals surface area contributed by atoms with Crippen molar-refractivity contribution in [2.75, 3.05) is 11.1 Å². The Morgan fingerprint density at radius 3 is 2.82 bits per heavy atom. The second-order valence-corrected chi connectivity index (χ2v) is 4.50. The van der Waals surface area contributed by atoms with Crippen molar-refractivity contribution >= 4 is 28.1 Å². The zero-order valence-corrected chi connectivity index (χ0v) is 9.71. The summed E-state index contributed by atoms with van der Waals surface area (Å²) in [7, 11) is 0. The van der Waals surface area contributed by atoms with Crippen LogP contribution in [0, 0.1) is 12.7 Å². The number of nitrogen functional groups attached to an aromatic ring is 1. The van der Waals surface area contributed by atoms with Crippen LogP contribution in [0.15, 0.2) is 18.2 Å². The fourth-order valence-corrected chi connectivity index (χ4v) is 1.79. The number of aryl methyl sites for hydroxylation is 1. The van der Waals surface area contributed by atoms with E-state index < -0.39 is 11.7 Å². The molecular weight excluding hydrogens is 243 g/mol. The maximum absolute atomic E-state index is 12.9. The molecule has 0 saturated heterocycles. The third-order valence-electron chi connectivity index (χ3n) is 2.00. The Morgan fingerprint density at radius 1 is 1.47 bits per heavy atom. The second-order valence-electron chi connectivity index (χ2n) is 3.32. The minimum Gasteiger partial charge on any atom is -0.396 e. The van der Waals surface area contributed by atoms with Crippen molar-refractivity contribution in [2.24, 2.45) is 0 Å². The molecule has 17 heavy (non-hydrogen) atoms. The molecule has 0 unspecified atom stereocenters. The first-order valence-electron chi connectivity index (χ1n) is 4.73. The zero-order chi connectivity index (χ0) is 12.4. The number of hydrogen-bond acceptors (Lipinski definition) is 5. The lowest BCUT2D eigenvalue weighted by molar-refractivity contribution is 0.102. The average Bonchev–Trinajstić information content (AvgIpc) is 2.68. The summed E-state index contributed by atoms with van der Waals surface area (Å²) in [6.45, 7) is 1.78. The van der Waals surface area contributed by atoms with Gasteiger partial charge < -0.3 is 5.73 Å². The topological polar surface area (TPSA) is 80.9 Å². The molecule has 0 radical (unpaired) electrons. The van der Waals surface area contributed by atoms with Gasteiger partial charge in [-0.3, -0.25) is 10.1 Å². The van der Waals surface area contributed by atoms with Crippen molar-refractivity contribution in [1.29, 1.82) is 0 Å². The number of rotatable bonds is 2. The smallest absolute Gasteiger partial charge is 0.257 e. The number of aromatic nitrogens is 2. The number of halogens is 1. The summed E-state index contributed by atoms with van der Waals surface area (Å²) in [5, 5.41) is 11.2. The number of nitrogens with zero attached hydrogens (tertiary/aromatic N) is 2. The number of hydrogen-bond donors (Lipinski definition) is 2. The van der Waals surface area contributed by atoms with Gasteiger partial charge in [0, 0.05) is 5.56 Å². The number of amides is 1. The number of carbonyl (C=O) groups excluding carboxylic acids is 1. The third-order valence-corrected chi connectivity index (χ3v) is 2.76. The largest absolute Gasteiger partial charge is 0.396 e. The lowest BCUT2D eigenvalue weighted by Gasteiger charge is -2.02. The molecule has 0 aliphatic heterocycles. The lowest BCUT2D eigenvalue weighted by Crippen LogP contribution is -2.12. The van der Waals surface area contributed by atoms with Gasteiger partial charge in [-0.05, 0) is 25.1 Å². The predicted octanol–water partition coefficient (Wildman–Crippen LogP) is 1.82. The quantitative estimate of drug-likeness (QED) is 0.799. The molecule has 0 fully saturated rings. The molecule has 0 aliphatic rings. The van der Waals surface area contributed by atoms with E-state index in [1.807, 2.05) is 0 Å². The predicted molar refractivity (Wildman–Crippen MR) is 63.4 cm³/mol. The normalized spacial score (nSPS) is 10.2. The number of carbonyl (C=O) groups is 1. The number of benzene rings is 1. The van der Waals surface area contributed by atoms with Gasteiger partial charge in [0.2, 0.25) is 5.13 Å². The minimum atomic E-state index is -0.548. The second kappa shape index (κ2) is 4.46. The first-order valence-corrected chi connectivity index (χ1v) is 5.54. The van der Waals surface area contributed by atoms with E-state index in [-0.39, 0.29) is 11.3 Å². The molecule has 0 saturated carbocycles. The Balaban J connectivity index is 2.17. The molecule has 1 amide bonds. The van der Waals surface area contributed by atoms with E-state index in [2.05, 4.69) is 15.5 Å². The molecular formula is C10H9FN4OS. The summed E-state index contributed by atoms with van der Waals surface area (Å²) in [6.07, 6.45) is 0. The van der Waals surface area contributed by atoms with Gasteiger partial charge in [-0.15, -0.1) is 10.2 Å². The van der Waals surface area contributed by atoms with Crippen molar-refractivity contribution < 1.29 is 9.18 Å². The molecule has 88 valence electrons. The molecule has 7 heteroatoms. The van der Waals surface area contributed by atoms with Crippen LogP contribution < -0.4 is 11.1 Å². The molecule has 1 aromatic carbocycles. The minimum absolute atomic E-state index is 0.0638. The summed E-state index contributed by atoms with van der Waals surface area (Å²) in [5.74, 6) is -0.943. The molecule has 0 aliphatic carbocycles. The molecule has 1 aromatic heterocycles. The van der Waals surface area contributed by atoms with Crippen molar-refractivity contribution in [3.8, 4) is 0 Å². The summed E-state index contributed by atoms with van der Waals surface area (Å²) >= 11 is 1.26. The third kappa shape index (κ3) is 2.56. The van der Waals surface area contributed by atoms with Crippen LogP contribution >= 0.6 is 11.3 Å². The van der Waals surface area contributed by atoms with Crippen LogP contribution in [0.2, 0.25) is 0 Å². The standard InChI is InChI=1S/C10H9FN4OS/c1-5-14-15-10(17-5)13-9(16)6-2-3-7(11)8(12)4-6/h2-4H,12H2,1H3,(H,13,15,16). The van der Waals surface area contributed by atoms with Crippen LogP contribution in [0.25, 0.3) is 0 Å². The number of anilines is 2. The first-order chi connectivity index (χ1) is 8.06. The SMILES string of the molecule is Cc1nnc(NC(=O)c2ccc(F)c(N)c2)s1. The zero-order valence-electron chi connectivity index (χ0n) is 8.90. The van der Waals surface area contributed by atoms with E-state index in [9.17, 15) is 9.18 Å². The molecule has 3 N–H and O–H groups in total. The fourth-order valence-electron chi connectivity index (χ4n) is 1.20. The van der Waals surface area contributed by atoms with Crippen molar-refractivity contribution in [2.45, 2.75) is 6.92 Å². The van der Waals surface area contributed by atoms with Gasteiger partial charge in [0.1, 0.15) is 10.8 Å². The van der Waals surface area contributed by atoms with Crippen LogP contribution in [-0.2, 0) is 0 Å². The lowest BCUT2D eigenvalue weighted by atomic mass is 10.2. The number of nitrogens with two attached hydrogens (primary N) is 1. The van der Waals surface area contributed by atoms with Crippen LogP contribution in [0.1, 0.15) is 15.4 Å². The maximum atomic E-state index is 12.9. The van der Waals surface area contributed by atoms with Crippen LogP contribution in [0.5, 0.6) is 0 Å². The highest BCUT2D eigenvalue weighted by atomic mass is 32.1. The first kappa shape index (κ1) is 11.5. The number of nitrogens with one attached hydrogen (secondary N) is 1. The summed E-state index contributed by atoms with van der Waals surface area (Å²) in [4.78, 5) is 11.7.